The predicted molar refractivity (Wildman–Crippen MR) is 91.3 cm³/mol. The molecule has 5 rings (SSSR count). The summed E-state index contributed by atoms with van der Waals surface area (Å²) >= 11 is 1.50. The zero-order valence-electron chi connectivity index (χ0n) is 13.1. The Hall–Kier alpha value is -1.99. The van der Waals surface area contributed by atoms with E-state index in [2.05, 4.69) is 15.6 Å². The number of pyridine rings is 1. The maximum Gasteiger partial charge on any atom is 0.270 e. The fourth-order valence-electron chi connectivity index (χ4n) is 3.87. The van der Waals surface area contributed by atoms with Crippen LogP contribution in [0.1, 0.15) is 40.1 Å². The van der Waals surface area contributed by atoms with Crippen LogP contribution in [-0.2, 0) is 0 Å². The summed E-state index contributed by atoms with van der Waals surface area (Å²) in [5.74, 6) is -0.0938. The summed E-state index contributed by atoms with van der Waals surface area (Å²) in [4.78, 5) is 31.0. The summed E-state index contributed by atoms with van der Waals surface area (Å²) in [6.07, 6.45) is 5.03. The average molecular weight is 342 g/mol. The van der Waals surface area contributed by atoms with Crippen LogP contribution in [0.25, 0.3) is 10.1 Å². The molecule has 0 spiro atoms. The lowest BCUT2D eigenvalue weighted by Crippen LogP contribution is -2.43. The summed E-state index contributed by atoms with van der Waals surface area (Å²) in [5, 5.41) is 9.34. The third-order valence-electron chi connectivity index (χ3n) is 5.28. The minimum absolute atomic E-state index is 0.0520. The summed E-state index contributed by atoms with van der Waals surface area (Å²) in [7, 11) is 0. The quantitative estimate of drug-likeness (QED) is 0.827. The Kier molecular flexibility index (Phi) is 3.14. The molecule has 3 saturated heterocycles. The number of hydrogen-bond acceptors (Lipinski definition) is 5. The number of thiophene rings is 1. The Balaban J connectivity index is 1.40. The van der Waals surface area contributed by atoms with Gasteiger partial charge in [0.15, 0.2) is 0 Å². The summed E-state index contributed by atoms with van der Waals surface area (Å²) in [6.45, 7) is 1.65. The zero-order valence-corrected chi connectivity index (χ0v) is 13.9. The van der Waals surface area contributed by atoms with Crippen molar-refractivity contribution in [1.29, 1.82) is 0 Å². The largest absolute Gasteiger partial charge is 0.346 e. The molecule has 2 N–H and O–H groups in total. The molecule has 5 heterocycles. The number of fused-ring (bicyclic) bond motifs is 3. The van der Waals surface area contributed by atoms with Crippen molar-refractivity contribution >= 4 is 33.2 Å². The normalized spacial score (nSPS) is 27.7. The molecule has 124 valence electrons. The van der Waals surface area contributed by atoms with Gasteiger partial charge in [-0.05, 0) is 25.3 Å². The molecular weight excluding hydrogens is 324 g/mol. The van der Waals surface area contributed by atoms with E-state index in [1.807, 2.05) is 5.38 Å². The fourth-order valence-corrected chi connectivity index (χ4v) is 4.75. The number of carbonyl (C=O) groups is 2. The van der Waals surface area contributed by atoms with Crippen LogP contribution in [0.5, 0.6) is 0 Å². The van der Waals surface area contributed by atoms with Gasteiger partial charge in [-0.25, -0.2) is 4.98 Å². The van der Waals surface area contributed by atoms with Crippen molar-refractivity contribution < 1.29 is 9.59 Å². The first-order valence-electron chi connectivity index (χ1n) is 8.42. The number of hydrogen-bond donors (Lipinski definition) is 2. The third-order valence-corrected chi connectivity index (χ3v) is 6.21. The molecule has 2 aromatic rings. The zero-order chi connectivity index (χ0) is 16.3. The van der Waals surface area contributed by atoms with Crippen LogP contribution in [-0.4, -0.2) is 52.9 Å². The lowest BCUT2D eigenvalue weighted by Gasteiger charge is -2.21. The van der Waals surface area contributed by atoms with E-state index in [4.69, 9.17) is 0 Å². The van der Waals surface area contributed by atoms with Crippen molar-refractivity contribution in [2.45, 2.75) is 37.4 Å². The van der Waals surface area contributed by atoms with Crippen molar-refractivity contribution in [3.63, 3.8) is 0 Å². The number of aromatic nitrogens is 1. The lowest BCUT2D eigenvalue weighted by molar-refractivity contribution is 0.0885. The van der Waals surface area contributed by atoms with Crippen molar-refractivity contribution in [2.75, 3.05) is 13.1 Å². The van der Waals surface area contributed by atoms with Gasteiger partial charge in [0.05, 0.1) is 10.3 Å². The predicted octanol–water partition coefficient (Wildman–Crippen LogP) is 1.37. The highest BCUT2D eigenvalue weighted by Gasteiger charge is 2.39. The van der Waals surface area contributed by atoms with Crippen LogP contribution in [0.4, 0.5) is 0 Å². The van der Waals surface area contributed by atoms with E-state index < -0.39 is 0 Å². The molecule has 2 amide bonds. The Labute approximate surface area is 143 Å². The minimum Gasteiger partial charge on any atom is -0.346 e. The van der Waals surface area contributed by atoms with Gasteiger partial charge in [0.2, 0.25) is 0 Å². The maximum absolute atomic E-state index is 12.6. The highest BCUT2D eigenvalue weighted by molar-refractivity contribution is 7.17. The molecule has 2 aromatic heterocycles. The highest BCUT2D eigenvalue weighted by atomic mass is 32.1. The van der Waals surface area contributed by atoms with Crippen LogP contribution in [0.3, 0.4) is 0 Å². The van der Waals surface area contributed by atoms with E-state index in [-0.39, 0.29) is 17.9 Å². The van der Waals surface area contributed by atoms with Gasteiger partial charge in [-0.2, -0.15) is 0 Å². The molecule has 3 aliphatic heterocycles. The van der Waals surface area contributed by atoms with E-state index in [0.717, 1.165) is 36.0 Å². The van der Waals surface area contributed by atoms with Crippen molar-refractivity contribution in [3.05, 3.63) is 28.9 Å². The molecule has 7 heteroatoms. The minimum atomic E-state index is -0.146. The van der Waals surface area contributed by atoms with Gasteiger partial charge >= 0.3 is 0 Å². The monoisotopic (exact) mass is 342 g/mol. The highest BCUT2D eigenvalue weighted by Crippen LogP contribution is 2.30. The van der Waals surface area contributed by atoms with E-state index in [1.165, 1.54) is 17.8 Å². The van der Waals surface area contributed by atoms with E-state index >= 15 is 0 Å². The van der Waals surface area contributed by atoms with Crippen molar-refractivity contribution in [3.8, 4) is 0 Å². The third kappa shape index (κ3) is 2.31. The Bertz CT molecular complexity index is 844. The summed E-state index contributed by atoms with van der Waals surface area (Å²) < 4.78 is 0.943. The molecule has 24 heavy (non-hydrogen) atoms. The van der Waals surface area contributed by atoms with Crippen LogP contribution < -0.4 is 10.6 Å². The van der Waals surface area contributed by atoms with Gasteiger partial charge in [0, 0.05) is 48.2 Å². The van der Waals surface area contributed by atoms with Crippen molar-refractivity contribution in [1.82, 2.24) is 20.5 Å². The summed E-state index contributed by atoms with van der Waals surface area (Å²) in [5.41, 5.74) is 1.08. The van der Waals surface area contributed by atoms with Gasteiger partial charge in [-0.1, -0.05) is 0 Å². The fraction of sp³-hybridized carbons (Fsp3) is 0.471. The second-order valence-electron chi connectivity index (χ2n) is 6.87. The number of carbonyl (C=O) groups excluding carboxylic acids is 2. The average Bonchev–Trinajstić information content (AvgIpc) is 3.03. The van der Waals surface area contributed by atoms with E-state index in [9.17, 15) is 9.59 Å². The SMILES string of the molecule is O=C(N[C@@H]1C[C@H]2CC[C@@H]1N2)c1cc2c(C(=O)N3CC3)csc2cn1. The van der Waals surface area contributed by atoms with Gasteiger partial charge in [0.25, 0.3) is 11.8 Å². The molecule has 2 bridgehead atoms. The molecule has 0 aromatic carbocycles. The van der Waals surface area contributed by atoms with Gasteiger partial charge in [0.1, 0.15) is 5.69 Å². The first-order chi connectivity index (χ1) is 11.7. The first kappa shape index (κ1) is 14.4. The number of nitrogens with one attached hydrogen (secondary N) is 2. The molecule has 3 atom stereocenters. The van der Waals surface area contributed by atoms with Gasteiger partial charge < -0.3 is 15.5 Å². The second kappa shape index (κ2) is 5.26. The number of amides is 2. The second-order valence-corrected chi connectivity index (χ2v) is 7.78. The molecule has 0 radical (unpaired) electrons. The molecule has 6 nitrogen and oxygen atoms in total. The van der Waals surface area contributed by atoms with Crippen LogP contribution in [0, 0.1) is 0 Å². The summed E-state index contributed by atoms with van der Waals surface area (Å²) in [6, 6.07) is 2.89. The van der Waals surface area contributed by atoms with Crippen LogP contribution in [0.2, 0.25) is 0 Å². The molecule has 3 aliphatic rings. The van der Waals surface area contributed by atoms with Crippen molar-refractivity contribution in [2.24, 2.45) is 0 Å². The number of nitrogens with zero attached hydrogens (tertiary/aromatic N) is 2. The molecule has 0 saturated carbocycles. The smallest absolute Gasteiger partial charge is 0.270 e. The molecule has 0 aliphatic carbocycles. The Morgan fingerprint density at radius 3 is 2.92 bits per heavy atom. The maximum atomic E-state index is 12.6. The number of rotatable bonds is 3. The molecular formula is C17H18N4O2S. The van der Waals surface area contributed by atoms with Gasteiger partial charge in [-0.15, -0.1) is 11.3 Å². The lowest BCUT2D eigenvalue weighted by atomic mass is 9.95. The van der Waals surface area contributed by atoms with E-state index in [0.29, 0.717) is 23.3 Å². The van der Waals surface area contributed by atoms with Crippen LogP contribution in [0.15, 0.2) is 17.6 Å². The molecule has 3 fully saturated rings. The van der Waals surface area contributed by atoms with E-state index in [1.54, 1.807) is 17.2 Å². The Morgan fingerprint density at radius 1 is 1.33 bits per heavy atom. The molecule has 0 unspecified atom stereocenters. The first-order valence-corrected chi connectivity index (χ1v) is 9.30. The topological polar surface area (TPSA) is 74.1 Å². The van der Waals surface area contributed by atoms with Crippen LogP contribution >= 0.6 is 11.3 Å². The Morgan fingerprint density at radius 2 is 2.21 bits per heavy atom. The standard InChI is InChI=1S/C17H18N4O2S/c22-16(20-13-5-9-1-2-12(13)19-9)14-6-10-11(17(23)21-3-4-21)8-24-15(10)7-18-14/h6-9,12-13,19H,1-5H2,(H,20,22)/t9-,12+,13-/m1/s1. The van der Waals surface area contributed by atoms with Gasteiger partial charge in [-0.3, -0.25) is 9.59 Å².